The highest BCUT2D eigenvalue weighted by atomic mass is 32.1. The fourth-order valence-electron chi connectivity index (χ4n) is 3.39. The Hall–Kier alpha value is -3.99. The summed E-state index contributed by atoms with van der Waals surface area (Å²) in [5.74, 6) is -1.54. The molecule has 0 bridgehead atoms. The van der Waals surface area contributed by atoms with E-state index in [-0.39, 0.29) is 29.3 Å². The second-order valence-corrected chi connectivity index (χ2v) is 7.58. The minimum absolute atomic E-state index is 0.0737. The van der Waals surface area contributed by atoms with Crippen molar-refractivity contribution in [1.29, 1.82) is 0 Å². The predicted molar refractivity (Wildman–Crippen MR) is 127 cm³/mol. The van der Waals surface area contributed by atoms with Crippen molar-refractivity contribution in [3.8, 4) is 5.75 Å². The summed E-state index contributed by atoms with van der Waals surface area (Å²) in [5.41, 5.74) is 1.17. The molecule has 1 atom stereocenters. The average molecular weight is 486 g/mol. The van der Waals surface area contributed by atoms with Crippen LogP contribution in [0.3, 0.4) is 0 Å². The number of hydrogen-bond acceptors (Lipinski definition) is 8. The number of ether oxygens (including phenoxy) is 3. The maximum atomic E-state index is 13.3. The second kappa shape index (κ2) is 10.8. The molecule has 1 saturated heterocycles. The zero-order chi connectivity index (χ0) is 24.8. The van der Waals surface area contributed by atoms with Gasteiger partial charge in [-0.05, 0) is 60.7 Å². The molecule has 0 saturated carbocycles. The van der Waals surface area contributed by atoms with Gasteiger partial charge in [-0.3, -0.25) is 14.4 Å². The lowest BCUT2D eigenvalue weighted by Gasteiger charge is -2.29. The number of hydrogen-bond donors (Lipinski definition) is 1. The molecule has 34 heavy (non-hydrogen) atoms. The Morgan fingerprint density at radius 2 is 1.68 bits per heavy atom. The quantitative estimate of drug-likeness (QED) is 0.355. The lowest BCUT2D eigenvalue weighted by molar-refractivity contribution is -0.141. The zero-order valence-corrected chi connectivity index (χ0v) is 19.6. The van der Waals surface area contributed by atoms with E-state index in [9.17, 15) is 19.2 Å². The van der Waals surface area contributed by atoms with Gasteiger partial charge in [-0.25, -0.2) is 9.69 Å². The molecular weight excluding hydrogens is 462 g/mol. The second-order valence-electron chi connectivity index (χ2n) is 7.19. The molecule has 1 unspecified atom stereocenters. The predicted octanol–water partition coefficient (Wildman–Crippen LogP) is 1.99. The van der Waals surface area contributed by atoms with Crippen LogP contribution in [0, 0.1) is 0 Å². The van der Waals surface area contributed by atoms with Gasteiger partial charge in [0.15, 0.2) is 5.11 Å². The van der Waals surface area contributed by atoms with E-state index in [1.807, 2.05) is 0 Å². The van der Waals surface area contributed by atoms with Crippen molar-refractivity contribution in [3.63, 3.8) is 0 Å². The first-order chi connectivity index (χ1) is 16.3. The molecule has 3 rings (SSSR count). The number of benzene rings is 2. The molecule has 0 radical (unpaired) electrons. The molecule has 0 aromatic heterocycles. The standard InChI is InChI=1S/C23H23N3O7S/c1-31-17-10-6-15(7-11-17)24-23(34)25(13-20(28)32-2)18-12-19(27)26(21(18)29)16-8-4-14(5-9-16)22(30)33-3/h4-11,18H,12-13H2,1-3H3,(H,24,34). The van der Waals surface area contributed by atoms with Crippen LogP contribution in [0.5, 0.6) is 5.75 Å². The van der Waals surface area contributed by atoms with E-state index in [0.717, 1.165) is 4.90 Å². The maximum Gasteiger partial charge on any atom is 0.337 e. The molecule has 0 spiro atoms. The molecule has 10 nitrogen and oxygen atoms in total. The molecule has 1 aliphatic heterocycles. The van der Waals surface area contributed by atoms with Gasteiger partial charge in [-0.15, -0.1) is 0 Å². The van der Waals surface area contributed by atoms with Crippen molar-refractivity contribution in [3.05, 3.63) is 54.1 Å². The van der Waals surface area contributed by atoms with Crippen LogP contribution in [-0.4, -0.2) is 67.7 Å². The molecule has 1 aliphatic rings. The fraction of sp³-hybridized carbons (Fsp3) is 0.261. The summed E-state index contributed by atoms with van der Waals surface area (Å²) in [4.78, 5) is 52.1. The molecular formula is C23H23N3O7S. The number of carbonyl (C=O) groups excluding carboxylic acids is 4. The number of amides is 2. The van der Waals surface area contributed by atoms with E-state index in [1.165, 1.54) is 43.4 Å². The largest absolute Gasteiger partial charge is 0.497 e. The van der Waals surface area contributed by atoms with Crippen molar-refractivity contribution in [2.45, 2.75) is 12.5 Å². The Balaban J connectivity index is 1.83. The van der Waals surface area contributed by atoms with Crippen molar-refractivity contribution in [2.75, 3.05) is 38.1 Å². The normalized spacial score (nSPS) is 15.0. The maximum absolute atomic E-state index is 13.3. The third kappa shape index (κ3) is 5.31. The minimum atomic E-state index is -1.02. The molecule has 11 heteroatoms. The van der Waals surface area contributed by atoms with E-state index < -0.39 is 29.8 Å². The summed E-state index contributed by atoms with van der Waals surface area (Å²) in [6.07, 6.45) is -0.195. The Bertz CT molecular complexity index is 1100. The number of nitrogens with one attached hydrogen (secondary N) is 1. The summed E-state index contributed by atoms with van der Waals surface area (Å²) in [5, 5.41) is 3.05. The summed E-state index contributed by atoms with van der Waals surface area (Å²) in [7, 11) is 4.02. The molecule has 2 amide bonds. The van der Waals surface area contributed by atoms with Crippen LogP contribution >= 0.6 is 12.2 Å². The lowest BCUT2D eigenvalue weighted by Crippen LogP contribution is -2.49. The van der Waals surface area contributed by atoms with Crippen LogP contribution in [0.15, 0.2) is 48.5 Å². The van der Waals surface area contributed by atoms with E-state index in [4.69, 9.17) is 21.7 Å². The highest BCUT2D eigenvalue weighted by Gasteiger charge is 2.44. The van der Waals surface area contributed by atoms with Gasteiger partial charge >= 0.3 is 11.9 Å². The van der Waals surface area contributed by atoms with Gasteiger partial charge in [0, 0.05) is 5.69 Å². The first-order valence-corrected chi connectivity index (χ1v) is 10.5. The summed E-state index contributed by atoms with van der Waals surface area (Å²) >= 11 is 5.47. The van der Waals surface area contributed by atoms with Gasteiger partial charge in [0.05, 0.1) is 39.0 Å². The summed E-state index contributed by atoms with van der Waals surface area (Å²) in [6.45, 7) is -0.336. The van der Waals surface area contributed by atoms with Gasteiger partial charge < -0.3 is 24.4 Å². The van der Waals surface area contributed by atoms with Crippen molar-refractivity contribution < 1.29 is 33.4 Å². The van der Waals surface area contributed by atoms with E-state index in [1.54, 1.807) is 31.4 Å². The number of anilines is 2. The van der Waals surface area contributed by atoms with Crippen molar-refractivity contribution >= 4 is 52.5 Å². The van der Waals surface area contributed by atoms with Gasteiger partial charge in [0.25, 0.3) is 5.91 Å². The highest BCUT2D eigenvalue weighted by molar-refractivity contribution is 7.80. The number of thiocarbonyl (C=S) groups is 1. The number of carbonyl (C=O) groups is 4. The van der Waals surface area contributed by atoms with Crippen molar-refractivity contribution in [1.82, 2.24) is 4.90 Å². The summed E-state index contributed by atoms with van der Waals surface area (Å²) in [6, 6.07) is 11.7. The average Bonchev–Trinajstić information content (AvgIpc) is 3.15. The topological polar surface area (TPSA) is 114 Å². The molecule has 2 aromatic rings. The number of rotatable bonds is 7. The monoisotopic (exact) mass is 485 g/mol. The van der Waals surface area contributed by atoms with Gasteiger partial charge in [0.1, 0.15) is 18.3 Å². The smallest absolute Gasteiger partial charge is 0.337 e. The van der Waals surface area contributed by atoms with E-state index in [0.29, 0.717) is 11.4 Å². The first-order valence-electron chi connectivity index (χ1n) is 10.1. The Morgan fingerprint density at radius 3 is 2.24 bits per heavy atom. The zero-order valence-electron chi connectivity index (χ0n) is 18.8. The van der Waals surface area contributed by atoms with Crippen LogP contribution in [0.25, 0.3) is 0 Å². The van der Waals surface area contributed by atoms with Crippen LogP contribution in [0.1, 0.15) is 16.8 Å². The Morgan fingerprint density at radius 1 is 1.03 bits per heavy atom. The fourth-order valence-corrected chi connectivity index (χ4v) is 3.70. The van der Waals surface area contributed by atoms with Crippen LogP contribution < -0.4 is 15.0 Å². The molecule has 178 valence electrons. The third-order valence-electron chi connectivity index (χ3n) is 5.17. The van der Waals surface area contributed by atoms with Gasteiger partial charge in [-0.2, -0.15) is 0 Å². The van der Waals surface area contributed by atoms with Crippen molar-refractivity contribution in [2.24, 2.45) is 0 Å². The molecule has 1 fully saturated rings. The molecule has 2 aromatic carbocycles. The Labute approximate surface area is 201 Å². The molecule has 0 aliphatic carbocycles. The van der Waals surface area contributed by atoms with Crippen LogP contribution in [-0.2, 0) is 23.9 Å². The highest BCUT2D eigenvalue weighted by Crippen LogP contribution is 2.27. The van der Waals surface area contributed by atoms with E-state index >= 15 is 0 Å². The number of nitrogens with zero attached hydrogens (tertiary/aromatic N) is 2. The SMILES string of the molecule is COC(=O)CN(C(=S)Nc1ccc(OC)cc1)C1CC(=O)N(c2ccc(C(=O)OC)cc2)C1=O. The number of imide groups is 1. The van der Waals surface area contributed by atoms with Crippen LogP contribution in [0.2, 0.25) is 0 Å². The lowest BCUT2D eigenvalue weighted by atomic mass is 10.2. The minimum Gasteiger partial charge on any atom is -0.497 e. The van der Waals surface area contributed by atoms with Crippen LogP contribution in [0.4, 0.5) is 11.4 Å². The Kier molecular flexibility index (Phi) is 7.79. The summed E-state index contributed by atoms with van der Waals surface area (Å²) < 4.78 is 14.5. The number of esters is 2. The third-order valence-corrected chi connectivity index (χ3v) is 5.51. The molecule has 1 N–H and O–H groups in total. The van der Waals surface area contributed by atoms with Gasteiger partial charge in [0.2, 0.25) is 5.91 Å². The number of methoxy groups -OCH3 is 3. The molecule has 1 heterocycles. The first kappa shape index (κ1) is 24.6. The van der Waals surface area contributed by atoms with Gasteiger partial charge in [-0.1, -0.05) is 0 Å². The van der Waals surface area contributed by atoms with E-state index in [2.05, 4.69) is 10.1 Å².